The molecule has 0 rings (SSSR count). The lowest BCUT2D eigenvalue weighted by atomic mass is 10.0. The molecule has 0 aromatic heterocycles. The molecule has 0 saturated heterocycles. The quantitative estimate of drug-likeness (QED) is 0.534. The van der Waals surface area contributed by atoms with Gasteiger partial charge >= 0.3 is 5.97 Å². The Morgan fingerprint density at radius 3 is 2.38 bits per heavy atom. The van der Waals surface area contributed by atoms with Crippen molar-refractivity contribution < 1.29 is 14.7 Å². The molecule has 90 valence electrons. The first-order valence-electron chi connectivity index (χ1n) is 5.30. The molecular weight excluding hydrogens is 206 g/mol. The van der Waals surface area contributed by atoms with Crippen LogP contribution in [0.3, 0.4) is 0 Å². The van der Waals surface area contributed by atoms with Gasteiger partial charge in [-0.15, -0.1) is 0 Å². The summed E-state index contributed by atoms with van der Waals surface area (Å²) in [6.07, 6.45) is 6.81. The predicted octanol–water partition coefficient (Wildman–Crippen LogP) is 1.73. The van der Waals surface area contributed by atoms with E-state index in [9.17, 15) is 9.59 Å². The average Bonchev–Trinajstić information content (AvgIpc) is 2.16. The highest BCUT2D eigenvalue weighted by Crippen LogP contribution is 2.04. The molecule has 0 radical (unpaired) electrons. The van der Waals surface area contributed by atoms with Crippen LogP contribution in [0.4, 0.5) is 0 Å². The first kappa shape index (κ1) is 14.4. The molecule has 0 aromatic rings. The van der Waals surface area contributed by atoms with E-state index < -0.39 is 12.0 Å². The lowest BCUT2D eigenvalue weighted by Gasteiger charge is -2.15. The highest BCUT2D eigenvalue weighted by molar-refractivity contribution is 5.91. The molecule has 0 aliphatic carbocycles. The topological polar surface area (TPSA) is 66.4 Å². The summed E-state index contributed by atoms with van der Waals surface area (Å²) in [5.74, 6) is -1.16. The number of carboxylic acid groups (broad SMARTS) is 1. The Bertz CT molecular complexity index is 293. The van der Waals surface area contributed by atoms with Gasteiger partial charge in [0.2, 0.25) is 5.91 Å². The fourth-order valence-electron chi connectivity index (χ4n) is 1.17. The Morgan fingerprint density at radius 1 is 1.31 bits per heavy atom. The number of rotatable bonds is 6. The number of amides is 1. The summed E-state index contributed by atoms with van der Waals surface area (Å²) in [4.78, 5) is 22.2. The fourth-order valence-corrected chi connectivity index (χ4v) is 1.17. The van der Waals surface area contributed by atoms with Crippen molar-refractivity contribution in [3.05, 3.63) is 24.3 Å². The second kappa shape index (κ2) is 7.68. The molecule has 4 heteroatoms. The van der Waals surface area contributed by atoms with Gasteiger partial charge in [-0.1, -0.05) is 32.1 Å². The maximum Gasteiger partial charge on any atom is 0.326 e. The largest absolute Gasteiger partial charge is 0.480 e. The number of carbonyl (C=O) groups is 2. The van der Waals surface area contributed by atoms with Crippen LogP contribution in [0.2, 0.25) is 0 Å². The van der Waals surface area contributed by atoms with Gasteiger partial charge in [0.15, 0.2) is 0 Å². The summed E-state index contributed by atoms with van der Waals surface area (Å²) < 4.78 is 0. The van der Waals surface area contributed by atoms with Crippen LogP contribution in [0.1, 0.15) is 27.2 Å². The van der Waals surface area contributed by atoms with Crippen LogP contribution in [0.5, 0.6) is 0 Å². The minimum Gasteiger partial charge on any atom is -0.480 e. The van der Waals surface area contributed by atoms with E-state index in [-0.39, 0.29) is 11.8 Å². The van der Waals surface area contributed by atoms with Crippen molar-refractivity contribution in [3.8, 4) is 0 Å². The minimum atomic E-state index is -0.999. The first-order chi connectivity index (χ1) is 7.47. The van der Waals surface area contributed by atoms with Crippen molar-refractivity contribution in [2.24, 2.45) is 5.92 Å². The molecule has 0 aromatic carbocycles. The van der Waals surface area contributed by atoms with E-state index in [0.717, 1.165) is 0 Å². The SMILES string of the molecule is CC=CC=CC(=O)N[C@H](CC(C)C)C(=O)O. The van der Waals surface area contributed by atoms with Crippen LogP contribution < -0.4 is 5.32 Å². The Morgan fingerprint density at radius 2 is 1.94 bits per heavy atom. The van der Waals surface area contributed by atoms with Crippen molar-refractivity contribution in [1.82, 2.24) is 5.32 Å². The van der Waals surface area contributed by atoms with Gasteiger partial charge in [0.25, 0.3) is 0 Å². The number of allylic oxidation sites excluding steroid dienone is 3. The van der Waals surface area contributed by atoms with E-state index in [1.165, 1.54) is 6.08 Å². The summed E-state index contributed by atoms with van der Waals surface area (Å²) in [5.41, 5.74) is 0. The second-order valence-electron chi connectivity index (χ2n) is 3.91. The van der Waals surface area contributed by atoms with Gasteiger partial charge in [-0.2, -0.15) is 0 Å². The Labute approximate surface area is 96.0 Å². The summed E-state index contributed by atoms with van der Waals surface area (Å²) in [6, 6.07) is -0.817. The maximum absolute atomic E-state index is 11.3. The van der Waals surface area contributed by atoms with Gasteiger partial charge in [0, 0.05) is 6.08 Å². The van der Waals surface area contributed by atoms with Gasteiger partial charge in [0.1, 0.15) is 6.04 Å². The van der Waals surface area contributed by atoms with Crippen LogP contribution >= 0.6 is 0 Å². The van der Waals surface area contributed by atoms with E-state index in [1.54, 1.807) is 18.2 Å². The van der Waals surface area contributed by atoms with E-state index >= 15 is 0 Å². The molecule has 1 atom stereocenters. The molecule has 2 N–H and O–H groups in total. The van der Waals surface area contributed by atoms with Crippen LogP contribution in [-0.4, -0.2) is 23.0 Å². The van der Waals surface area contributed by atoms with E-state index in [0.29, 0.717) is 6.42 Å². The van der Waals surface area contributed by atoms with Gasteiger partial charge in [-0.05, 0) is 19.3 Å². The second-order valence-corrected chi connectivity index (χ2v) is 3.91. The van der Waals surface area contributed by atoms with E-state index in [2.05, 4.69) is 5.32 Å². The number of hydrogen-bond acceptors (Lipinski definition) is 2. The minimum absolute atomic E-state index is 0.223. The Kier molecular flexibility index (Phi) is 6.92. The predicted molar refractivity (Wildman–Crippen MR) is 63.0 cm³/mol. The fraction of sp³-hybridized carbons (Fsp3) is 0.500. The third kappa shape index (κ3) is 6.81. The van der Waals surface area contributed by atoms with Gasteiger partial charge < -0.3 is 10.4 Å². The van der Waals surface area contributed by atoms with Crippen molar-refractivity contribution in [2.75, 3.05) is 0 Å². The average molecular weight is 225 g/mol. The first-order valence-corrected chi connectivity index (χ1v) is 5.30. The van der Waals surface area contributed by atoms with Crippen molar-refractivity contribution in [1.29, 1.82) is 0 Å². The van der Waals surface area contributed by atoms with Crippen LogP contribution in [0.15, 0.2) is 24.3 Å². The zero-order valence-corrected chi connectivity index (χ0v) is 9.93. The van der Waals surface area contributed by atoms with Crippen LogP contribution in [0.25, 0.3) is 0 Å². The van der Waals surface area contributed by atoms with Crippen LogP contribution in [-0.2, 0) is 9.59 Å². The number of hydrogen-bond donors (Lipinski definition) is 2. The molecule has 16 heavy (non-hydrogen) atoms. The summed E-state index contributed by atoms with van der Waals surface area (Å²) >= 11 is 0. The van der Waals surface area contributed by atoms with Crippen LogP contribution in [0, 0.1) is 5.92 Å². The normalized spacial score (nSPS) is 13.5. The van der Waals surface area contributed by atoms with E-state index in [4.69, 9.17) is 5.11 Å². The third-order valence-corrected chi connectivity index (χ3v) is 1.87. The van der Waals surface area contributed by atoms with Gasteiger partial charge in [0.05, 0.1) is 0 Å². The molecule has 0 spiro atoms. The monoisotopic (exact) mass is 225 g/mol. The summed E-state index contributed by atoms with van der Waals surface area (Å²) in [7, 11) is 0. The highest BCUT2D eigenvalue weighted by atomic mass is 16.4. The smallest absolute Gasteiger partial charge is 0.326 e. The molecule has 0 aliphatic heterocycles. The van der Waals surface area contributed by atoms with Crippen molar-refractivity contribution in [3.63, 3.8) is 0 Å². The van der Waals surface area contributed by atoms with Crippen molar-refractivity contribution in [2.45, 2.75) is 33.2 Å². The Hall–Kier alpha value is -1.58. The zero-order valence-electron chi connectivity index (χ0n) is 9.93. The standard InChI is InChI=1S/C12H19NO3/c1-4-5-6-7-11(14)13-10(12(15)16)8-9(2)3/h4-7,9-10H,8H2,1-3H3,(H,13,14)(H,15,16)/t10-/m1/s1. The number of carboxylic acids is 1. The summed E-state index contributed by atoms with van der Waals surface area (Å²) in [6.45, 7) is 5.66. The van der Waals surface area contributed by atoms with E-state index in [1.807, 2.05) is 20.8 Å². The number of aliphatic carboxylic acids is 1. The lowest BCUT2D eigenvalue weighted by molar-refractivity contribution is -0.141. The molecule has 0 unspecified atom stereocenters. The maximum atomic E-state index is 11.3. The molecule has 0 fully saturated rings. The molecule has 0 aliphatic rings. The molecule has 4 nitrogen and oxygen atoms in total. The molecule has 0 saturated carbocycles. The molecule has 0 heterocycles. The molecule has 1 amide bonds. The summed E-state index contributed by atoms with van der Waals surface area (Å²) in [5, 5.41) is 11.3. The zero-order chi connectivity index (χ0) is 12.6. The lowest BCUT2D eigenvalue weighted by Crippen LogP contribution is -2.40. The van der Waals surface area contributed by atoms with Gasteiger partial charge in [-0.25, -0.2) is 4.79 Å². The number of nitrogens with one attached hydrogen (secondary N) is 1. The highest BCUT2D eigenvalue weighted by Gasteiger charge is 2.19. The number of carbonyl (C=O) groups excluding carboxylic acids is 1. The molecule has 0 bridgehead atoms. The van der Waals surface area contributed by atoms with Gasteiger partial charge in [-0.3, -0.25) is 4.79 Å². The molecular formula is C12H19NO3. The van der Waals surface area contributed by atoms with Crippen molar-refractivity contribution >= 4 is 11.9 Å². The third-order valence-electron chi connectivity index (χ3n) is 1.87. The Balaban J connectivity index is 4.29.